The van der Waals surface area contributed by atoms with Crippen molar-refractivity contribution in [1.29, 1.82) is 0 Å². The molecule has 0 aliphatic heterocycles. The lowest BCUT2D eigenvalue weighted by molar-refractivity contribution is 0.0949. The van der Waals surface area contributed by atoms with Crippen LogP contribution in [0.3, 0.4) is 0 Å². The van der Waals surface area contributed by atoms with E-state index in [1.165, 1.54) is 0 Å². The first-order valence-electron chi connectivity index (χ1n) is 5.21. The van der Waals surface area contributed by atoms with Crippen molar-refractivity contribution < 1.29 is 20.4 Å². The summed E-state index contributed by atoms with van der Waals surface area (Å²) in [4.78, 5) is 0. The topological polar surface area (TPSA) is 80.9 Å². The molecule has 0 aromatic rings. The average molecular weight is 204 g/mol. The van der Waals surface area contributed by atoms with E-state index < -0.39 is 0 Å². The second-order valence-electron chi connectivity index (χ2n) is 4.14. The summed E-state index contributed by atoms with van der Waals surface area (Å²) >= 11 is 0. The molecule has 84 valence electrons. The Morgan fingerprint density at radius 1 is 0.786 bits per heavy atom. The highest BCUT2D eigenvalue weighted by molar-refractivity contribution is 4.89. The van der Waals surface area contributed by atoms with Crippen molar-refractivity contribution in [1.82, 2.24) is 0 Å². The molecule has 0 unspecified atom stereocenters. The van der Waals surface area contributed by atoms with Crippen LogP contribution < -0.4 is 0 Å². The van der Waals surface area contributed by atoms with Crippen LogP contribution >= 0.6 is 0 Å². The van der Waals surface area contributed by atoms with Gasteiger partial charge in [0.05, 0.1) is 0 Å². The normalized spacial score (nSPS) is 37.7. The molecule has 0 amide bonds. The second-order valence-corrected chi connectivity index (χ2v) is 4.14. The average Bonchev–Trinajstić information content (AvgIpc) is 2.56. The van der Waals surface area contributed by atoms with Crippen LogP contribution in [0.15, 0.2) is 0 Å². The highest BCUT2D eigenvalue weighted by atomic mass is 16.3. The minimum Gasteiger partial charge on any atom is -0.396 e. The molecule has 0 aromatic heterocycles. The maximum absolute atomic E-state index is 9.20. The molecule has 4 nitrogen and oxygen atoms in total. The molecule has 0 bridgehead atoms. The molecule has 1 rings (SSSR count). The van der Waals surface area contributed by atoms with Gasteiger partial charge in [0.2, 0.25) is 0 Å². The maximum atomic E-state index is 9.20. The van der Waals surface area contributed by atoms with Gasteiger partial charge in [0.15, 0.2) is 0 Å². The SMILES string of the molecule is OCC[C@H]1[C@@H](CO)C[C@@H](CO)[C@H]1CO. The number of aliphatic hydroxyl groups is 4. The summed E-state index contributed by atoms with van der Waals surface area (Å²) in [5.41, 5.74) is 0. The van der Waals surface area contributed by atoms with E-state index in [9.17, 15) is 5.11 Å². The summed E-state index contributed by atoms with van der Waals surface area (Å²) in [6, 6.07) is 0. The Labute approximate surface area is 84.2 Å². The molecule has 4 heteroatoms. The van der Waals surface area contributed by atoms with Gasteiger partial charge in [-0.05, 0) is 36.5 Å². The van der Waals surface area contributed by atoms with E-state index >= 15 is 0 Å². The number of rotatable bonds is 5. The lowest BCUT2D eigenvalue weighted by atomic mass is 9.85. The fourth-order valence-electron chi connectivity index (χ4n) is 2.74. The summed E-state index contributed by atoms with van der Waals surface area (Å²) in [6.07, 6.45) is 1.36. The van der Waals surface area contributed by atoms with Crippen LogP contribution in [-0.4, -0.2) is 46.9 Å². The van der Waals surface area contributed by atoms with Gasteiger partial charge in [0.25, 0.3) is 0 Å². The zero-order valence-corrected chi connectivity index (χ0v) is 8.34. The lowest BCUT2D eigenvalue weighted by Gasteiger charge is -2.23. The van der Waals surface area contributed by atoms with Crippen molar-refractivity contribution in [3.05, 3.63) is 0 Å². The Balaban J connectivity index is 2.64. The predicted octanol–water partition coefficient (Wildman–Crippen LogP) is -0.786. The van der Waals surface area contributed by atoms with E-state index in [0.29, 0.717) is 6.42 Å². The van der Waals surface area contributed by atoms with Crippen LogP contribution in [0.5, 0.6) is 0 Å². The van der Waals surface area contributed by atoms with Crippen molar-refractivity contribution in [2.75, 3.05) is 26.4 Å². The van der Waals surface area contributed by atoms with E-state index in [1.54, 1.807) is 0 Å². The predicted molar refractivity (Wildman–Crippen MR) is 51.5 cm³/mol. The van der Waals surface area contributed by atoms with Gasteiger partial charge >= 0.3 is 0 Å². The van der Waals surface area contributed by atoms with E-state index in [1.807, 2.05) is 0 Å². The van der Waals surface area contributed by atoms with Crippen LogP contribution in [0.2, 0.25) is 0 Å². The zero-order chi connectivity index (χ0) is 10.6. The molecule has 0 aromatic carbocycles. The molecule has 1 saturated carbocycles. The summed E-state index contributed by atoms with van der Waals surface area (Å²) in [5, 5.41) is 36.3. The van der Waals surface area contributed by atoms with Gasteiger partial charge in [0.1, 0.15) is 0 Å². The molecule has 1 fully saturated rings. The third kappa shape index (κ3) is 2.25. The zero-order valence-electron chi connectivity index (χ0n) is 8.34. The van der Waals surface area contributed by atoms with Crippen LogP contribution in [0, 0.1) is 23.7 Å². The van der Waals surface area contributed by atoms with E-state index in [0.717, 1.165) is 6.42 Å². The molecule has 1 aliphatic carbocycles. The largest absolute Gasteiger partial charge is 0.396 e. The van der Waals surface area contributed by atoms with Crippen molar-refractivity contribution in [2.45, 2.75) is 12.8 Å². The summed E-state index contributed by atoms with van der Waals surface area (Å²) in [5.74, 6) is 0.376. The molecule has 4 atom stereocenters. The van der Waals surface area contributed by atoms with Gasteiger partial charge < -0.3 is 20.4 Å². The van der Waals surface area contributed by atoms with E-state index in [-0.39, 0.29) is 50.1 Å². The van der Waals surface area contributed by atoms with Crippen LogP contribution in [-0.2, 0) is 0 Å². The Morgan fingerprint density at radius 2 is 1.36 bits per heavy atom. The van der Waals surface area contributed by atoms with Crippen LogP contribution in [0.4, 0.5) is 0 Å². The molecular weight excluding hydrogens is 184 g/mol. The Kier molecular flexibility index (Phi) is 4.81. The molecule has 0 saturated heterocycles. The quantitative estimate of drug-likeness (QED) is 0.473. The van der Waals surface area contributed by atoms with Crippen molar-refractivity contribution in [2.24, 2.45) is 23.7 Å². The summed E-state index contributed by atoms with van der Waals surface area (Å²) in [7, 11) is 0. The van der Waals surface area contributed by atoms with Gasteiger partial charge in [-0.15, -0.1) is 0 Å². The minimum atomic E-state index is 0.0318. The van der Waals surface area contributed by atoms with Crippen molar-refractivity contribution >= 4 is 0 Å². The Bertz CT molecular complexity index is 162. The molecule has 1 aliphatic rings. The Hall–Kier alpha value is -0.160. The lowest BCUT2D eigenvalue weighted by Crippen LogP contribution is -2.24. The van der Waals surface area contributed by atoms with Gasteiger partial charge in [-0.2, -0.15) is 0 Å². The number of aliphatic hydroxyl groups excluding tert-OH is 4. The highest BCUT2D eigenvalue weighted by Gasteiger charge is 2.41. The minimum absolute atomic E-state index is 0.0318. The van der Waals surface area contributed by atoms with Gasteiger partial charge in [-0.3, -0.25) is 0 Å². The number of hydrogen-bond donors (Lipinski definition) is 4. The Morgan fingerprint density at radius 3 is 1.79 bits per heavy atom. The molecular formula is C10H20O4. The molecule has 0 heterocycles. The van der Waals surface area contributed by atoms with Crippen molar-refractivity contribution in [3.8, 4) is 0 Å². The fraction of sp³-hybridized carbons (Fsp3) is 1.00. The van der Waals surface area contributed by atoms with Crippen molar-refractivity contribution in [3.63, 3.8) is 0 Å². The first-order chi connectivity index (χ1) is 6.78. The summed E-state index contributed by atoms with van der Waals surface area (Å²) in [6.45, 7) is 0.254. The monoisotopic (exact) mass is 204 g/mol. The first kappa shape index (κ1) is 11.9. The van der Waals surface area contributed by atoms with E-state index in [4.69, 9.17) is 15.3 Å². The molecule has 4 N–H and O–H groups in total. The highest BCUT2D eigenvalue weighted by Crippen LogP contribution is 2.42. The van der Waals surface area contributed by atoms with Crippen LogP contribution in [0.25, 0.3) is 0 Å². The summed E-state index contributed by atoms with van der Waals surface area (Å²) < 4.78 is 0. The number of hydrogen-bond acceptors (Lipinski definition) is 4. The molecule has 0 spiro atoms. The van der Waals surface area contributed by atoms with E-state index in [2.05, 4.69) is 0 Å². The third-order valence-electron chi connectivity index (χ3n) is 3.51. The van der Waals surface area contributed by atoms with Gasteiger partial charge in [-0.25, -0.2) is 0 Å². The van der Waals surface area contributed by atoms with Gasteiger partial charge in [0, 0.05) is 26.4 Å². The molecule has 0 radical (unpaired) electrons. The van der Waals surface area contributed by atoms with Crippen LogP contribution in [0.1, 0.15) is 12.8 Å². The molecule has 14 heavy (non-hydrogen) atoms. The smallest absolute Gasteiger partial charge is 0.0465 e. The fourth-order valence-corrected chi connectivity index (χ4v) is 2.74. The second kappa shape index (κ2) is 5.66. The first-order valence-corrected chi connectivity index (χ1v) is 5.21. The third-order valence-corrected chi connectivity index (χ3v) is 3.51. The van der Waals surface area contributed by atoms with Gasteiger partial charge in [-0.1, -0.05) is 0 Å². The standard InChI is InChI=1S/C10H20O4/c11-2-1-9-7(4-12)3-8(5-13)10(9)6-14/h7-14H,1-6H2/t7-,8+,9+,10-/m1/s1. The maximum Gasteiger partial charge on any atom is 0.0465 e.